The first kappa shape index (κ1) is 134. The quantitative estimate of drug-likeness (QED) is 0.0496. The maximum atomic E-state index is 11.3. The minimum atomic E-state index is -0.323. The molecule has 2 aliphatic carbocycles. The third-order valence-electron chi connectivity index (χ3n) is 16.3. The lowest BCUT2D eigenvalue weighted by molar-refractivity contribution is -0.175. The van der Waals surface area contributed by atoms with E-state index in [9.17, 15) is 62.3 Å². The Hall–Kier alpha value is -7.08. The Labute approximate surface area is 748 Å². The van der Waals surface area contributed by atoms with E-state index in [1.165, 1.54) is 26.4 Å². The summed E-state index contributed by atoms with van der Waals surface area (Å²) in [7, 11) is 5.25. The molecule has 27 nitrogen and oxygen atoms in total. The molecule has 0 radical (unpaired) electrons. The van der Waals surface area contributed by atoms with Crippen molar-refractivity contribution in [3.05, 3.63) is 0 Å². The minimum Gasteiger partial charge on any atom is -0.469 e. The summed E-state index contributed by atoms with van der Waals surface area (Å²) in [5, 5.41) is 7.97. The van der Waals surface area contributed by atoms with E-state index in [0.717, 1.165) is 38.8 Å². The Bertz CT molecular complexity index is 2730. The lowest BCUT2D eigenvalue weighted by Crippen LogP contribution is -2.50. The first-order valence-electron chi connectivity index (χ1n) is 44.9. The molecule has 4 fully saturated rings. The molecule has 123 heavy (non-hydrogen) atoms. The average molecular weight is 1760 g/mol. The van der Waals surface area contributed by atoms with Crippen LogP contribution in [0.2, 0.25) is 0 Å². The molecule has 0 aromatic carbocycles. The molecule has 0 aromatic rings. The van der Waals surface area contributed by atoms with Crippen LogP contribution in [0, 0.1) is 111 Å². The number of hydrogen-bond donors (Lipinski definition) is 0. The highest BCUT2D eigenvalue weighted by atomic mass is 16.6. The molecule has 1 amide bonds. The van der Waals surface area contributed by atoms with Crippen LogP contribution in [-0.4, -0.2) is 197 Å². The lowest BCUT2D eigenvalue weighted by atomic mass is 9.86. The number of methoxy groups -OCH3 is 1. The maximum absolute atomic E-state index is 11.3. The average Bonchev–Trinajstić information content (AvgIpc) is 1.14. The number of esters is 10. The van der Waals surface area contributed by atoms with E-state index in [4.69, 9.17) is 43.2 Å². The van der Waals surface area contributed by atoms with Crippen LogP contribution in [-0.2, 0) is 114 Å². The highest BCUT2D eigenvalue weighted by molar-refractivity contribution is 5.84. The summed E-state index contributed by atoms with van der Waals surface area (Å²) in [6.07, 6.45) is 8.66. The second kappa shape index (κ2) is 78.4. The Morgan fingerprint density at radius 2 is 0.780 bits per heavy atom. The van der Waals surface area contributed by atoms with Gasteiger partial charge in [-0.3, -0.25) is 67.2 Å². The molecule has 0 bridgehead atoms. The van der Waals surface area contributed by atoms with Crippen LogP contribution in [0.1, 0.15) is 328 Å². The number of Topliss-reactive ketones (excluding diaryl/α,β-unsaturated/α-hetero) is 2. The number of carbonyl (C=O) groups is 13. The van der Waals surface area contributed by atoms with Gasteiger partial charge in [-0.1, -0.05) is 235 Å². The molecular formula is C96H183N3O24. The predicted octanol–water partition coefficient (Wildman–Crippen LogP) is 19.0. The van der Waals surface area contributed by atoms with Gasteiger partial charge in [0.2, 0.25) is 5.91 Å². The predicted molar refractivity (Wildman–Crippen MR) is 488 cm³/mol. The van der Waals surface area contributed by atoms with Crippen molar-refractivity contribution < 1.29 is 114 Å². The molecule has 726 valence electrons. The molecule has 2 saturated carbocycles. The fourth-order valence-corrected chi connectivity index (χ4v) is 7.03. The lowest BCUT2D eigenvalue weighted by Gasteiger charge is -2.35. The number of hydrogen-bond acceptors (Lipinski definition) is 26. The summed E-state index contributed by atoms with van der Waals surface area (Å²) >= 11 is 0. The van der Waals surface area contributed by atoms with Gasteiger partial charge in [0, 0.05) is 56.3 Å². The Kier molecular flexibility index (Phi) is 85.4. The first-order chi connectivity index (χ1) is 56.2. The van der Waals surface area contributed by atoms with Crippen LogP contribution in [0.5, 0.6) is 0 Å². The summed E-state index contributed by atoms with van der Waals surface area (Å²) in [5.41, 5.74) is -0.149. The van der Waals surface area contributed by atoms with Gasteiger partial charge in [-0.2, -0.15) is 5.26 Å². The van der Waals surface area contributed by atoms with Crippen molar-refractivity contribution in [1.29, 1.82) is 5.26 Å². The van der Waals surface area contributed by atoms with E-state index in [-0.39, 0.29) is 179 Å². The molecule has 1 atom stereocenters. The number of carbonyl (C=O) groups excluding carboxylic acids is 13. The second-order valence-corrected chi connectivity index (χ2v) is 37.4. The molecule has 2 aliphatic heterocycles. The van der Waals surface area contributed by atoms with E-state index in [2.05, 4.69) is 46.8 Å². The zero-order valence-electron chi connectivity index (χ0n) is 85.7. The summed E-state index contributed by atoms with van der Waals surface area (Å²) in [5.74, 6) is 2.06. The monoisotopic (exact) mass is 1760 g/mol. The smallest absolute Gasteiger partial charge is 0.309 e. The van der Waals surface area contributed by atoms with E-state index in [1.54, 1.807) is 45.6 Å². The number of rotatable bonds is 29. The Morgan fingerprint density at radius 3 is 0.992 bits per heavy atom. The third-order valence-corrected chi connectivity index (χ3v) is 16.3. The van der Waals surface area contributed by atoms with Gasteiger partial charge >= 0.3 is 59.7 Å². The molecule has 27 heteroatoms. The van der Waals surface area contributed by atoms with Gasteiger partial charge in [-0.05, 0) is 111 Å². The number of ether oxygens (including phenoxy) is 11. The summed E-state index contributed by atoms with van der Waals surface area (Å²) in [6.45, 7) is 80.3. The van der Waals surface area contributed by atoms with Gasteiger partial charge in [-0.15, -0.1) is 0 Å². The van der Waals surface area contributed by atoms with Crippen molar-refractivity contribution in [2.24, 2.45) is 100 Å². The molecule has 4 rings (SSSR count). The highest BCUT2D eigenvalue weighted by Gasteiger charge is 2.29. The Morgan fingerprint density at radius 1 is 0.423 bits per heavy atom. The molecule has 0 spiro atoms. The standard InChI is InChI=1S/C9H18O.C8H15NO2.C8H17NO.2C8H14O2.2C8H16O2.C8H16O.C7H12O3.C7H14O2.C6H9NO2.C6H12O2.C5H10O2/c1-7(2)6-8(10)9(3,4)5;1-6(2)8(10)11-7-4-9(3)5-7;1-6(2)8(10)9(5)7(3)4;1-6(2)8(9)10-5-7-3-4-7;1-6(2)8(9)10-7-4-3-5-7;1-6(2)5-10-8(9)7(3)4;1-5-7(4)10-8(9)6(2)3;1-6(2)5-8(9)7(3)4;1-5(2)7(8)10-6-3-9-4-6;1-5(2)7(8)9-6(3)4;1-5(2)6(8)9-4-3-7;1-4-8-6(7)5(2)3;1-4(2)5(6)7-3/h7H,6H2,1-5H3;6-7H,4-5H2,1-3H3;6-7H,1-5H3;2*6-7H,3-5H2,1-2H3;2*6-7H,5H2,1-4H3;6-7H,5H2,1-4H3;5-6H,3-4H2,1-2H3;5-6H,1-4H3;5H,4H2,1-2H3;5H,4H2,1-3H3;4H,1-3H3. The van der Waals surface area contributed by atoms with Gasteiger partial charge in [0.1, 0.15) is 35.9 Å². The molecule has 2 heterocycles. The molecule has 0 N–H and O–H groups in total. The van der Waals surface area contributed by atoms with E-state index in [1.807, 2.05) is 229 Å². The largest absolute Gasteiger partial charge is 0.469 e. The second-order valence-electron chi connectivity index (χ2n) is 37.4. The summed E-state index contributed by atoms with van der Waals surface area (Å²) < 4.78 is 53.4. The van der Waals surface area contributed by atoms with Crippen molar-refractivity contribution in [1.82, 2.24) is 9.80 Å². The van der Waals surface area contributed by atoms with E-state index in [0.29, 0.717) is 80.7 Å². The number of amides is 1. The van der Waals surface area contributed by atoms with E-state index >= 15 is 0 Å². The van der Waals surface area contributed by atoms with Gasteiger partial charge in [0.25, 0.3) is 0 Å². The maximum Gasteiger partial charge on any atom is 0.309 e. The van der Waals surface area contributed by atoms with Crippen LogP contribution in [0.3, 0.4) is 0 Å². The zero-order chi connectivity index (χ0) is 98.7. The molecule has 0 aromatic heterocycles. The summed E-state index contributed by atoms with van der Waals surface area (Å²) in [6, 6.07) is 2.03. The number of likely N-dealkylation sites (tertiary alicyclic amines) is 1. The van der Waals surface area contributed by atoms with Crippen molar-refractivity contribution in [3.63, 3.8) is 0 Å². The van der Waals surface area contributed by atoms with Crippen LogP contribution in [0.25, 0.3) is 0 Å². The van der Waals surface area contributed by atoms with Crippen molar-refractivity contribution in [3.8, 4) is 6.07 Å². The normalized spacial score (nSPS) is 13.4. The molecular weight excluding hydrogens is 1580 g/mol. The molecule has 4 aliphatic rings. The first-order valence-corrected chi connectivity index (χ1v) is 44.9. The van der Waals surface area contributed by atoms with Crippen molar-refractivity contribution in [2.75, 3.05) is 73.9 Å². The fourth-order valence-electron chi connectivity index (χ4n) is 7.03. The van der Waals surface area contributed by atoms with Gasteiger partial charge < -0.3 is 57.0 Å². The Balaban J connectivity index is -0.000000164. The van der Waals surface area contributed by atoms with Crippen LogP contribution in [0.4, 0.5) is 0 Å². The number of nitrogens with zero attached hydrogens (tertiary/aromatic N) is 3. The van der Waals surface area contributed by atoms with Crippen LogP contribution >= 0.6 is 0 Å². The third kappa shape index (κ3) is 91.0. The number of nitriles is 1. The van der Waals surface area contributed by atoms with Gasteiger partial charge in [0.05, 0.1) is 112 Å². The SMILES string of the molecule is CC(C)C(=O)N(C)C(C)C.CC(C)C(=O)OC1CCC1.CC(C)C(=O)OC1CN(C)C1.CC(C)C(=O)OC1COC1.CC(C)C(=O)OCC#N.CC(C)C(=O)OCC1CC1.CC(C)CC(=O)C(C)(C)C.CC(C)CC(=O)C(C)C.CC(C)COC(=O)C(C)C.CC(C)OC(=O)C(C)C.CCC(C)OC(=O)C(C)C.CCOC(=O)C(C)C.COC(=O)C(C)C. The number of likely N-dealkylation sites (N-methyl/N-ethyl adjacent to an activating group) is 1. The molecule has 1 unspecified atom stereocenters. The van der Waals surface area contributed by atoms with Gasteiger partial charge in [0.15, 0.2) is 6.61 Å². The molecule has 2 saturated heterocycles. The zero-order valence-corrected chi connectivity index (χ0v) is 85.7. The van der Waals surface area contributed by atoms with Crippen LogP contribution in [0.15, 0.2) is 0 Å². The fraction of sp³-hybridized carbons (Fsp3) is 0.854. The van der Waals surface area contributed by atoms with E-state index < -0.39 is 0 Å². The van der Waals surface area contributed by atoms with Crippen molar-refractivity contribution >= 4 is 77.2 Å². The van der Waals surface area contributed by atoms with Crippen molar-refractivity contribution in [2.45, 2.75) is 365 Å². The topological polar surface area (TPSA) is 354 Å². The van der Waals surface area contributed by atoms with Crippen LogP contribution < -0.4 is 0 Å². The highest BCUT2D eigenvalue weighted by Crippen LogP contribution is 2.29. The number of ketones is 2. The summed E-state index contributed by atoms with van der Waals surface area (Å²) in [4.78, 5) is 145. The van der Waals surface area contributed by atoms with Gasteiger partial charge in [-0.25, -0.2) is 0 Å². The minimum absolute atomic E-state index is 0.000839.